The molecule has 2 heterocycles. The predicted molar refractivity (Wildman–Crippen MR) is 96.8 cm³/mol. The average Bonchev–Trinajstić information content (AvgIpc) is 2.91. The molecule has 1 aromatic heterocycles. The molecule has 7 heteroatoms. The first kappa shape index (κ1) is 18.8. The molecule has 2 N–H and O–H groups in total. The first-order chi connectivity index (χ1) is 11.1. The van der Waals surface area contributed by atoms with Gasteiger partial charge in [0.1, 0.15) is 17.0 Å². The second-order valence-corrected chi connectivity index (χ2v) is 6.40. The Balaban J connectivity index is 0.00000208. The van der Waals surface area contributed by atoms with E-state index in [9.17, 15) is 4.79 Å². The highest BCUT2D eigenvalue weighted by Gasteiger charge is 2.27. The van der Waals surface area contributed by atoms with Crippen LogP contribution in [0.25, 0.3) is 11.3 Å². The summed E-state index contributed by atoms with van der Waals surface area (Å²) in [5, 5.41) is 11.0. The van der Waals surface area contributed by atoms with E-state index in [0.29, 0.717) is 33.5 Å². The number of halogens is 2. The number of hydrogen-bond acceptors (Lipinski definition) is 4. The van der Waals surface area contributed by atoms with Crippen LogP contribution >= 0.6 is 24.0 Å². The first-order valence-electron chi connectivity index (χ1n) is 7.80. The largest absolute Gasteiger partial charge is 0.360 e. The van der Waals surface area contributed by atoms with Gasteiger partial charge in [0.2, 0.25) is 0 Å². The second-order valence-electron chi connectivity index (χ2n) is 5.99. The Morgan fingerprint density at radius 1 is 1.42 bits per heavy atom. The lowest BCUT2D eigenvalue weighted by Crippen LogP contribution is -2.50. The Morgan fingerprint density at radius 2 is 2.17 bits per heavy atom. The van der Waals surface area contributed by atoms with Crippen LogP contribution in [0.5, 0.6) is 0 Å². The van der Waals surface area contributed by atoms with Gasteiger partial charge in [-0.2, -0.15) is 0 Å². The Morgan fingerprint density at radius 3 is 2.88 bits per heavy atom. The van der Waals surface area contributed by atoms with Crippen LogP contribution in [-0.4, -0.2) is 30.2 Å². The highest BCUT2D eigenvalue weighted by atomic mass is 35.5. The minimum atomic E-state index is -0.167. The highest BCUT2D eigenvalue weighted by molar-refractivity contribution is 6.33. The zero-order valence-corrected chi connectivity index (χ0v) is 15.2. The van der Waals surface area contributed by atoms with Crippen molar-refractivity contribution in [1.82, 2.24) is 15.8 Å². The zero-order chi connectivity index (χ0) is 16.4. The molecule has 1 aliphatic rings. The number of hydrogen-bond donors (Lipinski definition) is 2. The van der Waals surface area contributed by atoms with Crippen LogP contribution in [0.4, 0.5) is 0 Å². The molecule has 5 nitrogen and oxygen atoms in total. The summed E-state index contributed by atoms with van der Waals surface area (Å²) in [4.78, 5) is 12.8. The average molecular weight is 370 g/mol. The fraction of sp³-hybridized carbons (Fsp3) is 0.412. The summed E-state index contributed by atoms with van der Waals surface area (Å²) in [7, 11) is 0. The maximum atomic E-state index is 12.8. The van der Waals surface area contributed by atoms with Crippen LogP contribution < -0.4 is 10.6 Å². The minimum Gasteiger partial charge on any atom is -0.360 e. The van der Waals surface area contributed by atoms with Gasteiger partial charge in [-0.3, -0.25) is 4.79 Å². The van der Waals surface area contributed by atoms with Crippen molar-refractivity contribution in [2.45, 2.75) is 26.3 Å². The molecule has 1 saturated heterocycles. The quantitative estimate of drug-likeness (QED) is 0.869. The number of aryl methyl sites for hydroxylation is 1. The number of carbonyl (C=O) groups is 1. The van der Waals surface area contributed by atoms with Gasteiger partial charge in [-0.05, 0) is 31.9 Å². The molecule has 0 bridgehead atoms. The normalized spacial score (nSPS) is 20.3. The standard InChI is InChI=1S/C17H20ClN3O2.ClH/c1-10-7-8-19-9-14(10)20-17(22)15-11(2)23-21-16(15)12-5-3-4-6-13(12)18;/h3-6,10,14,19H,7-9H2,1-2H3,(H,20,22);1H. The van der Waals surface area contributed by atoms with Crippen molar-refractivity contribution in [3.8, 4) is 11.3 Å². The fourth-order valence-electron chi connectivity index (χ4n) is 2.90. The first-order valence-corrected chi connectivity index (χ1v) is 8.18. The fourth-order valence-corrected chi connectivity index (χ4v) is 3.13. The summed E-state index contributed by atoms with van der Waals surface area (Å²) >= 11 is 6.24. The number of aromatic nitrogens is 1. The topological polar surface area (TPSA) is 67.2 Å². The van der Waals surface area contributed by atoms with E-state index in [0.717, 1.165) is 19.5 Å². The van der Waals surface area contributed by atoms with Crippen molar-refractivity contribution in [1.29, 1.82) is 0 Å². The lowest BCUT2D eigenvalue weighted by Gasteiger charge is -2.30. The Hall–Kier alpha value is -1.56. The zero-order valence-electron chi connectivity index (χ0n) is 13.6. The minimum absolute atomic E-state index is 0. The second kappa shape index (κ2) is 8.01. The van der Waals surface area contributed by atoms with Crippen molar-refractivity contribution in [3.05, 3.63) is 40.6 Å². The summed E-state index contributed by atoms with van der Waals surface area (Å²) in [5.41, 5.74) is 1.64. The van der Waals surface area contributed by atoms with Gasteiger partial charge >= 0.3 is 0 Å². The van der Waals surface area contributed by atoms with E-state index < -0.39 is 0 Å². The number of nitrogens with zero attached hydrogens (tertiary/aromatic N) is 1. The summed E-state index contributed by atoms with van der Waals surface area (Å²) in [6.07, 6.45) is 1.05. The van der Waals surface area contributed by atoms with Crippen LogP contribution in [0.3, 0.4) is 0 Å². The lowest BCUT2D eigenvalue weighted by molar-refractivity contribution is 0.0914. The molecule has 24 heavy (non-hydrogen) atoms. The number of amides is 1. The third-order valence-corrected chi connectivity index (χ3v) is 4.69. The number of piperidine rings is 1. The van der Waals surface area contributed by atoms with Gasteiger partial charge in [0.25, 0.3) is 5.91 Å². The SMILES string of the molecule is Cc1onc(-c2ccccc2Cl)c1C(=O)NC1CNCCC1C.Cl. The van der Waals surface area contributed by atoms with E-state index in [1.165, 1.54) is 0 Å². The molecule has 0 spiro atoms. The van der Waals surface area contributed by atoms with Gasteiger partial charge < -0.3 is 15.2 Å². The van der Waals surface area contributed by atoms with Crippen LogP contribution in [0.15, 0.2) is 28.8 Å². The van der Waals surface area contributed by atoms with Gasteiger partial charge in [0.15, 0.2) is 0 Å². The van der Waals surface area contributed by atoms with Gasteiger partial charge in [0, 0.05) is 18.2 Å². The Kier molecular flexibility index (Phi) is 6.27. The molecule has 2 aromatic rings. The molecule has 1 amide bonds. The van der Waals surface area contributed by atoms with Crippen molar-refractivity contribution in [2.75, 3.05) is 13.1 Å². The third kappa shape index (κ3) is 3.74. The third-order valence-electron chi connectivity index (χ3n) is 4.36. The maximum absolute atomic E-state index is 12.8. The van der Waals surface area contributed by atoms with Gasteiger partial charge in [-0.1, -0.05) is 41.9 Å². The summed E-state index contributed by atoms with van der Waals surface area (Å²) < 4.78 is 5.26. The summed E-state index contributed by atoms with van der Waals surface area (Å²) in [6, 6.07) is 7.41. The van der Waals surface area contributed by atoms with E-state index in [4.69, 9.17) is 16.1 Å². The van der Waals surface area contributed by atoms with Crippen molar-refractivity contribution >= 4 is 29.9 Å². The van der Waals surface area contributed by atoms with Crippen molar-refractivity contribution < 1.29 is 9.32 Å². The van der Waals surface area contributed by atoms with Crippen LogP contribution in [0.1, 0.15) is 29.5 Å². The van der Waals surface area contributed by atoms with Crippen LogP contribution in [0.2, 0.25) is 5.02 Å². The molecular weight excluding hydrogens is 349 g/mol. The molecular formula is C17H21Cl2N3O2. The number of rotatable bonds is 3. The van der Waals surface area contributed by atoms with Gasteiger partial charge in [0.05, 0.1) is 5.02 Å². The maximum Gasteiger partial charge on any atom is 0.257 e. The summed E-state index contributed by atoms with van der Waals surface area (Å²) in [5.74, 6) is 0.761. The number of carbonyl (C=O) groups excluding carboxylic acids is 1. The molecule has 0 saturated carbocycles. The summed E-state index contributed by atoms with van der Waals surface area (Å²) in [6.45, 7) is 5.66. The van der Waals surface area contributed by atoms with Crippen LogP contribution in [0, 0.1) is 12.8 Å². The lowest BCUT2D eigenvalue weighted by atomic mass is 9.94. The van der Waals surface area contributed by atoms with E-state index in [1.807, 2.05) is 18.2 Å². The highest BCUT2D eigenvalue weighted by Crippen LogP contribution is 2.31. The van der Waals surface area contributed by atoms with Gasteiger partial charge in [-0.15, -0.1) is 12.4 Å². The molecule has 1 fully saturated rings. The van der Waals surface area contributed by atoms with Gasteiger partial charge in [-0.25, -0.2) is 0 Å². The molecule has 0 radical (unpaired) electrons. The van der Waals surface area contributed by atoms with E-state index >= 15 is 0 Å². The van der Waals surface area contributed by atoms with Crippen molar-refractivity contribution in [3.63, 3.8) is 0 Å². The molecule has 3 rings (SSSR count). The smallest absolute Gasteiger partial charge is 0.257 e. The molecule has 2 atom stereocenters. The van der Waals surface area contributed by atoms with Crippen LogP contribution in [-0.2, 0) is 0 Å². The van der Waals surface area contributed by atoms with E-state index in [2.05, 4.69) is 22.7 Å². The molecule has 1 aromatic carbocycles. The molecule has 130 valence electrons. The Bertz CT molecular complexity index is 718. The van der Waals surface area contributed by atoms with E-state index in [1.54, 1.807) is 13.0 Å². The Labute approximate surface area is 152 Å². The number of benzene rings is 1. The number of nitrogens with one attached hydrogen (secondary N) is 2. The van der Waals surface area contributed by atoms with E-state index in [-0.39, 0.29) is 24.4 Å². The van der Waals surface area contributed by atoms with Crippen molar-refractivity contribution in [2.24, 2.45) is 5.92 Å². The predicted octanol–water partition coefficient (Wildman–Crippen LogP) is 3.45. The molecule has 0 aliphatic carbocycles. The molecule has 1 aliphatic heterocycles. The monoisotopic (exact) mass is 369 g/mol. The molecule has 2 unspecified atom stereocenters.